The summed E-state index contributed by atoms with van der Waals surface area (Å²) in [5.74, 6) is 1.55. The van der Waals surface area contributed by atoms with Crippen LogP contribution in [-0.2, 0) is 0 Å². The van der Waals surface area contributed by atoms with Crippen molar-refractivity contribution in [1.29, 1.82) is 5.26 Å². The summed E-state index contributed by atoms with van der Waals surface area (Å²) >= 11 is 0. The van der Waals surface area contributed by atoms with Crippen LogP contribution in [0.3, 0.4) is 0 Å². The molecule has 0 bridgehead atoms. The maximum atomic E-state index is 8.93. The van der Waals surface area contributed by atoms with E-state index in [9.17, 15) is 0 Å². The number of imidazole rings is 1. The molecule has 0 saturated heterocycles. The number of pyridine rings is 1. The van der Waals surface area contributed by atoms with Gasteiger partial charge in [-0.05, 0) is 18.6 Å². The monoisotopic (exact) mass is 228 g/mol. The summed E-state index contributed by atoms with van der Waals surface area (Å²) in [5.41, 5.74) is 0. The van der Waals surface area contributed by atoms with Crippen molar-refractivity contribution in [2.75, 3.05) is 6.61 Å². The highest BCUT2D eigenvalue weighted by Crippen LogP contribution is 2.20. The number of hydrogen-bond acceptors (Lipinski definition) is 4. The molecule has 17 heavy (non-hydrogen) atoms. The van der Waals surface area contributed by atoms with Crippen molar-refractivity contribution in [2.24, 2.45) is 0 Å². The first-order valence-corrected chi connectivity index (χ1v) is 5.38. The van der Waals surface area contributed by atoms with E-state index < -0.39 is 0 Å². The van der Waals surface area contributed by atoms with E-state index in [1.165, 1.54) is 0 Å². The number of nitrogens with zero attached hydrogens (tertiary/aromatic N) is 4. The van der Waals surface area contributed by atoms with Crippen molar-refractivity contribution >= 4 is 0 Å². The van der Waals surface area contributed by atoms with E-state index in [0.29, 0.717) is 24.0 Å². The number of hydrogen-bond donors (Lipinski definition) is 0. The minimum atomic E-state index is 0.296. The second kappa shape index (κ2) is 5.12. The third-order valence-electron chi connectivity index (χ3n) is 2.18. The Bertz CT molecular complexity index is 541. The quantitative estimate of drug-likeness (QED) is 0.802. The van der Waals surface area contributed by atoms with Gasteiger partial charge in [-0.2, -0.15) is 5.26 Å². The van der Waals surface area contributed by atoms with Gasteiger partial charge in [0.2, 0.25) is 5.82 Å². The molecule has 0 atom stereocenters. The lowest BCUT2D eigenvalue weighted by molar-refractivity contribution is 0.315. The van der Waals surface area contributed by atoms with Gasteiger partial charge in [0.1, 0.15) is 6.07 Å². The molecule has 2 rings (SSSR count). The first-order valence-electron chi connectivity index (χ1n) is 5.38. The van der Waals surface area contributed by atoms with Crippen molar-refractivity contribution in [3.05, 3.63) is 36.5 Å². The third-order valence-corrected chi connectivity index (χ3v) is 2.18. The van der Waals surface area contributed by atoms with Crippen LogP contribution in [0, 0.1) is 11.3 Å². The molecule has 0 aliphatic heterocycles. The summed E-state index contributed by atoms with van der Waals surface area (Å²) in [6.45, 7) is 2.66. The topological polar surface area (TPSA) is 63.7 Å². The van der Waals surface area contributed by atoms with Crippen molar-refractivity contribution < 1.29 is 4.74 Å². The van der Waals surface area contributed by atoms with Crippen molar-refractivity contribution in [1.82, 2.24) is 14.5 Å². The van der Waals surface area contributed by atoms with Crippen LogP contribution in [-0.4, -0.2) is 21.1 Å². The fourth-order valence-corrected chi connectivity index (χ4v) is 1.44. The predicted octanol–water partition coefficient (Wildman–Crippen LogP) is 1.93. The van der Waals surface area contributed by atoms with Crippen LogP contribution in [0.4, 0.5) is 0 Å². The molecule has 0 aromatic carbocycles. The van der Waals surface area contributed by atoms with Gasteiger partial charge in [-0.25, -0.2) is 9.97 Å². The van der Waals surface area contributed by atoms with E-state index in [4.69, 9.17) is 10.00 Å². The Morgan fingerprint density at radius 1 is 1.41 bits per heavy atom. The zero-order chi connectivity index (χ0) is 12.1. The van der Waals surface area contributed by atoms with Crippen LogP contribution < -0.4 is 4.74 Å². The largest absolute Gasteiger partial charge is 0.490 e. The van der Waals surface area contributed by atoms with Crippen LogP contribution in [0.5, 0.6) is 5.75 Å². The summed E-state index contributed by atoms with van der Waals surface area (Å²) in [5, 5.41) is 8.93. The molecule has 0 fully saturated rings. The van der Waals surface area contributed by atoms with Crippen molar-refractivity contribution in [2.45, 2.75) is 13.3 Å². The average Bonchev–Trinajstić information content (AvgIpc) is 2.84. The standard InChI is InChI=1S/C12H12N4O/c1-2-8-17-10-4-3-5-15-12(10)16-7-6-14-11(16)9-13/h3-7H,2,8H2,1H3. The van der Waals surface area contributed by atoms with Gasteiger partial charge in [0, 0.05) is 18.6 Å². The summed E-state index contributed by atoms with van der Waals surface area (Å²) in [7, 11) is 0. The Balaban J connectivity index is 2.41. The van der Waals surface area contributed by atoms with Crippen LogP contribution in [0.25, 0.3) is 5.82 Å². The van der Waals surface area contributed by atoms with Gasteiger partial charge in [-0.15, -0.1) is 0 Å². The van der Waals surface area contributed by atoms with Gasteiger partial charge in [0.25, 0.3) is 0 Å². The van der Waals surface area contributed by atoms with E-state index in [2.05, 4.69) is 9.97 Å². The first-order chi connectivity index (χ1) is 8.36. The zero-order valence-electron chi connectivity index (χ0n) is 9.50. The summed E-state index contributed by atoms with van der Waals surface area (Å²) < 4.78 is 7.21. The number of nitriles is 1. The highest BCUT2D eigenvalue weighted by atomic mass is 16.5. The summed E-state index contributed by atoms with van der Waals surface area (Å²) in [6, 6.07) is 5.65. The Labute approximate surface area is 99.3 Å². The minimum absolute atomic E-state index is 0.296. The van der Waals surface area contributed by atoms with E-state index in [1.807, 2.05) is 19.1 Å². The molecule has 0 N–H and O–H groups in total. The smallest absolute Gasteiger partial charge is 0.218 e. The summed E-state index contributed by atoms with van der Waals surface area (Å²) in [6.07, 6.45) is 5.84. The molecule has 0 amide bonds. The Hall–Kier alpha value is -2.35. The van der Waals surface area contributed by atoms with Crippen LogP contribution in [0.2, 0.25) is 0 Å². The molecule has 5 heteroatoms. The zero-order valence-corrected chi connectivity index (χ0v) is 9.50. The fourth-order valence-electron chi connectivity index (χ4n) is 1.44. The van der Waals surface area contributed by atoms with E-state index in [1.54, 1.807) is 29.2 Å². The molecule has 2 aromatic heterocycles. The van der Waals surface area contributed by atoms with Gasteiger partial charge in [-0.1, -0.05) is 6.92 Å². The van der Waals surface area contributed by atoms with Gasteiger partial charge < -0.3 is 4.74 Å². The average molecular weight is 228 g/mol. The molecule has 0 unspecified atom stereocenters. The van der Waals surface area contributed by atoms with Crippen molar-refractivity contribution in [3.8, 4) is 17.6 Å². The number of rotatable bonds is 4. The number of ether oxygens (including phenoxy) is 1. The number of aromatic nitrogens is 3. The van der Waals surface area contributed by atoms with Gasteiger partial charge in [0.15, 0.2) is 11.6 Å². The molecule has 2 aromatic rings. The molecule has 0 aliphatic carbocycles. The fraction of sp³-hybridized carbons (Fsp3) is 0.250. The van der Waals surface area contributed by atoms with E-state index in [-0.39, 0.29) is 0 Å². The molecular weight excluding hydrogens is 216 g/mol. The molecule has 0 aliphatic rings. The highest BCUT2D eigenvalue weighted by Gasteiger charge is 2.10. The first kappa shape index (κ1) is 11.1. The van der Waals surface area contributed by atoms with Crippen LogP contribution >= 0.6 is 0 Å². The second-order valence-electron chi connectivity index (χ2n) is 3.41. The molecule has 0 radical (unpaired) electrons. The lowest BCUT2D eigenvalue weighted by Crippen LogP contribution is -2.04. The third kappa shape index (κ3) is 2.26. The van der Waals surface area contributed by atoms with E-state index >= 15 is 0 Å². The van der Waals surface area contributed by atoms with Crippen LogP contribution in [0.1, 0.15) is 19.2 Å². The van der Waals surface area contributed by atoms with Crippen molar-refractivity contribution in [3.63, 3.8) is 0 Å². The minimum Gasteiger partial charge on any atom is -0.490 e. The molecule has 2 heterocycles. The Kier molecular flexibility index (Phi) is 3.36. The van der Waals surface area contributed by atoms with Gasteiger partial charge in [0.05, 0.1) is 6.61 Å². The van der Waals surface area contributed by atoms with Gasteiger partial charge in [-0.3, -0.25) is 4.57 Å². The van der Waals surface area contributed by atoms with Crippen LogP contribution in [0.15, 0.2) is 30.7 Å². The molecule has 5 nitrogen and oxygen atoms in total. The predicted molar refractivity (Wildman–Crippen MR) is 61.9 cm³/mol. The van der Waals surface area contributed by atoms with Gasteiger partial charge >= 0.3 is 0 Å². The molecule has 0 saturated carbocycles. The lowest BCUT2D eigenvalue weighted by atomic mass is 10.4. The molecule has 0 spiro atoms. The molecule has 86 valence electrons. The summed E-state index contributed by atoms with van der Waals surface area (Å²) in [4.78, 5) is 8.17. The lowest BCUT2D eigenvalue weighted by Gasteiger charge is -2.10. The maximum Gasteiger partial charge on any atom is 0.218 e. The Morgan fingerprint density at radius 2 is 2.29 bits per heavy atom. The Morgan fingerprint density at radius 3 is 3.06 bits per heavy atom. The molecular formula is C12H12N4O. The maximum absolute atomic E-state index is 8.93. The highest BCUT2D eigenvalue weighted by molar-refractivity contribution is 5.42. The SMILES string of the molecule is CCCOc1cccnc1-n1ccnc1C#N. The second-order valence-corrected chi connectivity index (χ2v) is 3.41. The van der Waals surface area contributed by atoms with E-state index in [0.717, 1.165) is 6.42 Å². The normalized spacial score (nSPS) is 9.88.